The number of hydrogen-bond acceptors (Lipinski definition) is 7. The lowest BCUT2D eigenvalue weighted by Crippen LogP contribution is -2.17. The minimum atomic E-state index is -1.44. The van der Waals surface area contributed by atoms with Crippen molar-refractivity contribution < 1.29 is 18.7 Å². The molecule has 4 rings (SSSR count). The van der Waals surface area contributed by atoms with E-state index in [0.717, 1.165) is 12.1 Å². The third-order valence-corrected chi connectivity index (χ3v) is 5.40. The Hall–Kier alpha value is -4.43. The van der Waals surface area contributed by atoms with E-state index in [2.05, 4.69) is 26.5 Å². The number of aliphatic hydroxyl groups excluding tert-OH is 1. The molecule has 0 aliphatic heterocycles. The molecule has 1 amide bonds. The van der Waals surface area contributed by atoms with Crippen molar-refractivity contribution in [1.82, 2.24) is 19.7 Å². The molecule has 0 spiro atoms. The second kappa shape index (κ2) is 8.84. The molecule has 0 radical (unpaired) electrons. The fourth-order valence-corrected chi connectivity index (χ4v) is 3.68. The molecular weight excluding hydrogens is 444 g/mol. The molecule has 1 unspecified atom stereocenters. The van der Waals surface area contributed by atoms with E-state index in [1.807, 2.05) is 0 Å². The van der Waals surface area contributed by atoms with Gasteiger partial charge in [-0.05, 0) is 38.1 Å². The molecule has 3 aromatic heterocycles. The summed E-state index contributed by atoms with van der Waals surface area (Å²) in [6.45, 7) is 3.71. The monoisotopic (exact) mass is 463 g/mol. The Morgan fingerprint density at radius 2 is 2.03 bits per heavy atom. The summed E-state index contributed by atoms with van der Waals surface area (Å²) >= 11 is 0. The van der Waals surface area contributed by atoms with Crippen LogP contribution in [0.1, 0.15) is 44.9 Å². The number of nitrogens with two attached hydrogens (primary N) is 1. The average Bonchev–Trinajstić information content (AvgIpc) is 3.06. The smallest absolute Gasteiger partial charge is 0.267 e. The second-order valence-electron chi connectivity index (χ2n) is 7.60. The number of carbonyl (C=O) groups excluding carboxylic acids is 1. The Balaban J connectivity index is 1.72. The first kappa shape index (κ1) is 22.8. The zero-order chi connectivity index (χ0) is 24.6. The number of halogens is 2. The van der Waals surface area contributed by atoms with Crippen molar-refractivity contribution in [3.8, 4) is 6.07 Å². The van der Waals surface area contributed by atoms with E-state index in [9.17, 15) is 23.9 Å². The van der Waals surface area contributed by atoms with Gasteiger partial charge in [-0.15, -0.1) is 0 Å². The maximum atomic E-state index is 13.9. The lowest BCUT2D eigenvalue weighted by Gasteiger charge is -2.18. The Labute approximate surface area is 192 Å². The van der Waals surface area contributed by atoms with Crippen molar-refractivity contribution in [2.24, 2.45) is 5.73 Å². The molecule has 11 heteroatoms. The number of nitrogens with one attached hydrogen (secondary N) is 1. The summed E-state index contributed by atoms with van der Waals surface area (Å²) in [4.78, 5) is 19.9. The summed E-state index contributed by atoms with van der Waals surface area (Å²) in [6.07, 6.45) is 0.144. The van der Waals surface area contributed by atoms with Crippen LogP contribution in [0.5, 0.6) is 0 Å². The van der Waals surface area contributed by atoms with Crippen LogP contribution >= 0.6 is 0 Å². The first-order valence-corrected chi connectivity index (χ1v) is 10.1. The number of aryl methyl sites for hydroxylation is 1. The first-order chi connectivity index (χ1) is 16.2. The zero-order valence-electron chi connectivity index (χ0n) is 18.2. The highest BCUT2D eigenvalue weighted by atomic mass is 19.2. The topological polar surface area (TPSA) is 143 Å². The lowest BCUT2D eigenvalue weighted by molar-refractivity contribution is 0.0995. The second-order valence-corrected chi connectivity index (χ2v) is 7.60. The Kier molecular flexibility index (Phi) is 5.91. The number of nitrogens with zero attached hydrogens (tertiary/aromatic N) is 5. The van der Waals surface area contributed by atoms with Gasteiger partial charge >= 0.3 is 0 Å². The summed E-state index contributed by atoms with van der Waals surface area (Å²) in [5.74, 6) is -3.16. The molecule has 1 aromatic carbocycles. The Morgan fingerprint density at radius 3 is 2.74 bits per heavy atom. The largest absolute Gasteiger partial charge is 0.369 e. The molecule has 0 aliphatic rings. The van der Waals surface area contributed by atoms with Gasteiger partial charge in [-0.3, -0.25) is 14.5 Å². The average molecular weight is 463 g/mol. The van der Waals surface area contributed by atoms with E-state index in [0.29, 0.717) is 28.3 Å². The number of anilines is 1. The number of aliphatic hydroxyl groups is 1. The molecule has 4 N–H and O–H groups in total. The number of primary amides is 1. The highest BCUT2D eigenvalue weighted by Crippen LogP contribution is 2.30. The fraction of sp³-hybridized carbons (Fsp3) is 0.174. The Morgan fingerprint density at radius 1 is 1.29 bits per heavy atom. The molecule has 0 saturated heterocycles. The van der Waals surface area contributed by atoms with E-state index in [1.54, 1.807) is 36.9 Å². The van der Waals surface area contributed by atoms with Crippen molar-refractivity contribution in [1.29, 1.82) is 5.26 Å². The SMILES string of the molecule is Cc1nn(Cc2ncccc2C#N)c(C)c1NC(O)c1cc(C(N)=O)nc2cc(F)c(F)cc12. The van der Waals surface area contributed by atoms with Gasteiger partial charge in [0.2, 0.25) is 0 Å². The molecule has 34 heavy (non-hydrogen) atoms. The molecule has 0 fully saturated rings. The maximum absolute atomic E-state index is 13.9. The molecule has 1 atom stereocenters. The number of pyridine rings is 2. The van der Waals surface area contributed by atoms with Crippen LogP contribution in [0, 0.1) is 36.8 Å². The molecule has 3 heterocycles. The summed E-state index contributed by atoms with van der Waals surface area (Å²) < 4.78 is 29.3. The third-order valence-electron chi connectivity index (χ3n) is 5.40. The third kappa shape index (κ3) is 4.14. The lowest BCUT2D eigenvalue weighted by atomic mass is 10.0. The standard InChI is InChI=1S/C23H19F2N7O2/c1-11-21(12(2)32(31-11)10-20-13(9-26)4-3-5-28-20)30-23(34)15-7-19(22(27)33)29-18-8-17(25)16(24)6-14(15)18/h3-8,23,30,34H,10H2,1-2H3,(H2,27,33). The van der Waals surface area contributed by atoms with E-state index >= 15 is 0 Å². The quantitative estimate of drug-likeness (QED) is 0.373. The van der Waals surface area contributed by atoms with Gasteiger partial charge in [-0.25, -0.2) is 13.8 Å². The van der Waals surface area contributed by atoms with Gasteiger partial charge in [0.15, 0.2) is 17.9 Å². The highest BCUT2D eigenvalue weighted by Gasteiger charge is 2.21. The molecule has 4 aromatic rings. The predicted octanol–water partition coefficient (Wildman–Crippen LogP) is 2.84. The zero-order valence-corrected chi connectivity index (χ0v) is 18.2. The minimum Gasteiger partial charge on any atom is -0.369 e. The van der Waals surface area contributed by atoms with Crippen molar-refractivity contribution in [2.75, 3.05) is 5.32 Å². The van der Waals surface area contributed by atoms with E-state index in [4.69, 9.17) is 5.73 Å². The minimum absolute atomic E-state index is 0.0330. The number of carbonyl (C=O) groups is 1. The number of benzene rings is 1. The van der Waals surface area contributed by atoms with Gasteiger partial charge in [0.05, 0.1) is 40.4 Å². The Bertz CT molecular complexity index is 1480. The van der Waals surface area contributed by atoms with Crippen LogP contribution < -0.4 is 11.1 Å². The molecule has 0 saturated carbocycles. The molecule has 0 aliphatic carbocycles. The number of aromatic nitrogens is 4. The van der Waals surface area contributed by atoms with Crippen LogP contribution in [0.3, 0.4) is 0 Å². The van der Waals surface area contributed by atoms with E-state index < -0.39 is 23.8 Å². The van der Waals surface area contributed by atoms with Crippen molar-refractivity contribution in [3.63, 3.8) is 0 Å². The van der Waals surface area contributed by atoms with Crippen LogP contribution in [-0.2, 0) is 6.54 Å². The van der Waals surface area contributed by atoms with Crippen LogP contribution in [0.4, 0.5) is 14.5 Å². The van der Waals surface area contributed by atoms with Crippen molar-refractivity contribution in [3.05, 3.63) is 82.1 Å². The van der Waals surface area contributed by atoms with Crippen LogP contribution in [-0.4, -0.2) is 30.8 Å². The summed E-state index contributed by atoms with van der Waals surface area (Å²) in [5, 5.41) is 27.8. The molecule has 0 bridgehead atoms. The summed E-state index contributed by atoms with van der Waals surface area (Å²) in [5.41, 5.74) is 7.78. The van der Waals surface area contributed by atoms with Gasteiger partial charge in [-0.2, -0.15) is 10.4 Å². The number of hydrogen-bond donors (Lipinski definition) is 3. The first-order valence-electron chi connectivity index (χ1n) is 10.1. The molecule has 172 valence electrons. The number of nitriles is 1. The van der Waals surface area contributed by atoms with Gasteiger partial charge < -0.3 is 16.2 Å². The summed E-state index contributed by atoms with van der Waals surface area (Å²) in [6, 6.07) is 8.37. The summed E-state index contributed by atoms with van der Waals surface area (Å²) in [7, 11) is 0. The maximum Gasteiger partial charge on any atom is 0.267 e. The highest BCUT2D eigenvalue weighted by molar-refractivity contribution is 5.95. The van der Waals surface area contributed by atoms with Crippen molar-refractivity contribution in [2.45, 2.75) is 26.6 Å². The van der Waals surface area contributed by atoms with Gasteiger partial charge in [-0.1, -0.05) is 0 Å². The fourth-order valence-electron chi connectivity index (χ4n) is 3.68. The van der Waals surface area contributed by atoms with Crippen molar-refractivity contribution >= 4 is 22.5 Å². The van der Waals surface area contributed by atoms with Crippen LogP contribution in [0.15, 0.2) is 36.5 Å². The number of amides is 1. The van der Waals surface area contributed by atoms with Crippen LogP contribution in [0.2, 0.25) is 0 Å². The number of fused-ring (bicyclic) bond motifs is 1. The van der Waals surface area contributed by atoms with Gasteiger partial charge in [0.25, 0.3) is 5.91 Å². The predicted molar refractivity (Wildman–Crippen MR) is 119 cm³/mol. The van der Waals surface area contributed by atoms with E-state index in [-0.39, 0.29) is 28.7 Å². The van der Waals surface area contributed by atoms with E-state index in [1.165, 1.54) is 6.07 Å². The van der Waals surface area contributed by atoms with Gasteiger partial charge in [0.1, 0.15) is 11.8 Å². The number of rotatable bonds is 6. The molecule has 9 nitrogen and oxygen atoms in total. The normalized spacial score (nSPS) is 11.9. The van der Waals surface area contributed by atoms with Gasteiger partial charge in [0, 0.05) is 23.2 Å². The van der Waals surface area contributed by atoms with Crippen LogP contribution in [0.25, 0.3) is 10.9 Å². The molecular formula is C23H19F2N7O2.